The van der Waals surface area contributed by atoms with Crippen molar-refractivity contribution in [3.05, 3.63) is 40.8 Å². The number of rotatable bonds is 4. The number of amides is 1. The van der Waals surface area contributed by atoms with Gasteiger partial charge in [0.05, 0.1) is 5.56 Å². The van der Waals surface area contributed by atoms with Gasteiger partial charge in [0.1, 0.15) is 10.7 Å². The zero-order chi connectivity index (χ0) is 15.7. The van der Waals surface area contributed by atoms with Crippen LogP contribution in [0.5, 0.6) is 0 Å². The van der Waals surface area contributed by atoms with Gasteiger partial charge >= 0.3 is 6.43 Å². The van der Waals surface area contributed by atoms with Gasteiger partial charge in [0.15, 0.2) is 5.82 Å². The molecule has 6 nitrogen and oxygen atoms in total. The molecule has 0 atom stereocenters. The molecule has 0 bridgehead atoms. The lowest BCUT2D eigenvalue weighted by atomic mass is 9.76. The molecule has 1 aliphatic carbocycles. The summed E-state index contributed by atoms with van der Waals surface area (Å²) in [7, 11) is 0. The van der Waals surface area contributed by atoms with Gasteiger partial charge in [0, 0.05) is 6.20 Å². The fourth-order valence-electron chi connectivity index (χ4n) is 2.29. The molecule has 22 heavy (non-hydrogen) atoms. The Bertz CT molecular complexity index is 703. The van der Waals surface area contributed by atoms with Crippen molar-refractivity contribution in [3.63, 3.8) is 0 Å². The molecule has 1 N–H and O–H groups in total. The van der Waals surface area contributed by atoms with E-state index in [0.717, 1.165) is 6.42 Å². The van der Waals surface area contributed by atoms with Crippen LogP contribution in [-0.2, 0) is 5.54 Å². The summed E-state index contributed by atoms with van der Waals surface area (Å²) in [6.45, 7) is 0. The highest BCUT2D eigenvalue weighted by atomic mass is 35.5. The van der Waals surface area contributed by atoms with Crippen molar-refractivity contribution < 1.29 is 18.1 Å². The molecule has 1 amide bonds. The molecule has 1 saturated carbocycles. The first-order valence-electron chi connectivity index (χ1n) is 6.57. The monoisotopic (exact) mass is 328 g/mol. The van der Waals surface area contributed by atoms with Crippen LogP contribution in [0, 0.1) is 0 Å². The van der Waals surface area contributed by atoms with Gasteiger partial charge in [-0.15, -0.1) is 0 Å². The molecule has 116 valence electrons. The van der Waals surface area contributed by atoms with Crippen LogP contribution in [0.3, 0.4) is 0 Å². The van der Waals surface area contributed by atoms with Gasteiger partial charge in [-0.1, -0.05) is 16.8 Å². The summed E-state index contributed by atoms with van der Waals surface area (Å²) in [6, 6.07) is 3.11. The second kappa shape index (κ2) is 5.60. The Balaban J connectivity index is 1.84. The fraction of sp³-hybridized carbons (Fsp3) is 0.385. The molecule has 9 heteroatoms. The highest BCUT2D eigenvalue weighted by Gasteiger charge is 2.45. The maximum atomic E-state index is 12.6. The molecule has 0 radical (unpaired) electrons. The average molecular weight is 329 g/mol. The van der Waals surface area contributed by atoms with E-state index in [9.17, 15) is 13.6 Å². The standard InChI is InChI=1S/C13H11ClF2N4O2/c14-8-7(3-1-6-17-8)10(21)19-13(4-2-5-13)12-18-11(9(15)16)22-20-12/h1,3,6,9H,2,4-5H2,(H,19,21). The van der Waals surface area contributed by atoms with Crippen LogP contribution >= 0.6 is 11.6 Å². The number of carbonyl (C=O) groups excluding carboxylic acids is 1. The van der Waals surface area contributed by atoms with Crippen molar-refractivity contribution in [2.24, 2.45) is 0 Å². The number of alkyl halides is 2. The summed E-state index contributed by atoms with van der Waals surface area (Å²) in [4.78, 5) is 19.8. The van der Waals surface area contributed by atoms with Crippen molar-refractivity contribution in [2.75, 3.05) is 0 Å². The van der Waals surface area contributed by atoms with Crippen molar-refractivity contribution in [2.45, 2.75) is 31.2 Å². The van der Waals surface area contributed by atoms with Crippen LogP contribution in [0.25, 0.3) is 0 Å². The normalized spacial score (nSPS) is 16.4. The van der Waals surface area contributed by atoms with Crippen molar-refractivity contribution in [1.82, 2.24) is 20.4 Å². The number of pyridine rings is 1. The van der Waals surface area contributed by atoms with Crippen LogP contribution in [0.15, 0.2) is 22.9 Å². The van der Waals surface area contributed by atoms with Gasteiger partial charge in [0.2, 0.25) is 0 Å². The second-order valence-corrected chi connectivity index (χ2v) is 5.35. The predicted octanol–water partition coefficient (Wildman–Crippen LogP) is 2.86. The third-order valence-corrected chi connectivity index (χ3v) is 3.92. The molecule has 2 aromatic heterocycles. The molecule has 0 aromatic carbocycles. The van der Waals surface area contributed by atoms with E-state index in [0.29, 0.717) is 12.8 Å². The molecule has 1 aliphatic rings. The first-order chi connectivity index (χ1) is 10.5. The quantitative estimate of drug-likeness (QED) is 0.873. The molecular weight excluding hydrogens is 318 g/mol. The number of aromatic nitrogens is 3. The largest absolute Gasteiger partial charge is 0.339 e. The van der Waals surface area contributed by atoms with Crippen LogP contribution in [0.4, 0.5) is 8.78 Å². The Labute approximate surface area is 128 Å². The zero-order valence-electron chi connectivity index (χ0n) is 11.2. The first kappa shape index (κ1) is 14.8. The van der Waals surface area contributed by atoms with Crippen molar-refractivity contribution in [3.8, 4) is 0 Å². The SMILES string of the molecule is O=C(NC1(c2noc(C(F)F)n2)CCC1)c1cccnc1Cl. The number of carbonyl (C=O) groups is 1. The third kappa shape index (κ3) is 2.54. The Kier molecular flexibility index (Phi) is 3.78. The van der Waals surface area contributed by atoms with Gasteiger partial charge in [-0.25, -0.2) is 4.98 Å². The molecule has 3 rings (SSSR count). The first-order valence-corrected chi connectivity index (χ1v) is 6.95. The van der Waals surface area contributed by atoms with Crippen LogP contribution in [0.2, 0.25) is 5.15 Å². The molecule has 0 saturated heterocycles. The zero-order valence-corrected chi connectivity index (χ0v) is 12.0. The molecule has 0 aliphatic heterocycles. The topological polar surface area (TPSA) is 80.9 Å². The van der Waals surface area contributed by atoms with E-state index in [4.69, 9.17) is 11.6 Å². The Morgan fingerprint density at radius 3 is 2.77 bits per heavy atom. The number of hydrogen-bond acceptors (Lipinski definition) is 5. The summed E-state index contributed by atoms with van der Waals surface area (Å²) in [5.41, 5.74) is -0.694. The third-order valence-electron chi connectivity index (χ3n) is 3.62. The maximum Gasteiger partial charge on any atom is 0.315 e. The lowest BCUT2D eigenvalue weighted by Gasteiger charge is -2.39. The van der Waals surface area contributed by atoms with E-state index in [1.807, 2.05) is 0 Å². The Morgan fingerprint density at radius 1 is 1.45 bits per heavy atom. The molecule has 1 fully saturated rings. The number of hydrogen-bond donors (Lipinski definition) is 1. The van der Waals surface area contributed by atoms with Gasteiger partial charge in [-0.05, 0) is 31.4 Å². The van der Waals surface area contributed by atoms with Gasteiger partial charge < -0.3 is 9.84 Å². The molecular formula is C13H11ClF2N4O2. The minimum atomic E-state index is -2.85. The summed E-state index contributed by atoms with van der Waals surface area (Å²) < 4.78 is 29.6. The van der Waals surface area contributed by atoms with E-state index in [1.54, 1.807) is 6.07 Å². The smallest absolute Gasteiger partial charge is 0.315 e. The summed E-state index contributed by atoms with van der Waals surface area (Å²) in [5, 5.41) is 6.40. The van der Waals surface area contributed by atoms with E-state index in [-0.39, 0.29) is 16.5 Å². The predicted molar refractivity (Wildman–Crippen MR) is 71.5 cm³/mol. The molecule has 2 heterocycles. The van der Waals surface area contributed by atoms with Crippen molar-refractivity contribution in [1.29, 1.82) is 0 Å². The minimum absolute atomic E-state index is 0.0578. The van der Waals surface area contributed by atoms with Crippen LogP contribution in [0.1, 0.15) is 47.8 Å². The summed E-state index contributed by atoms with van der Waals surface area (Å²) in [6.07, 6.45) is 0.519. The summed E-state index contributed by atoms with van der Waals surface area (Å²) >= 11 is 5.88. The number of nitrogens with one attached hydrogen (secondary N) is 1. The maximum absolute atomic E-state index is 12.6. The van der Waals surface area contributed by atoms with E-state index in [2.05, 4.69) is 25.0 Å². The molecule has 0 unspecified atom stereocenters. The van der Waals surface area contributed by atoms with E-state index >= 15 is 0 Å². The van der Waals surface area contributed by atoms with Crippen LogP contribution < -0.4 is 5.32 Å². The van der Waals surface area contributed by atoms with E-state index < -0.39 is 23.8 Å². The fourth-order valence-corrected chi connectivity index (χ4v) is 2.50. The number of nitrogens with zero attached hydrogens (tertiary/aromatic N) is 3. The average Bonchev–Trinajstić information content (AvgIpc) is 2.93. The number of halogens is 3. The van der Waals surface area contributed by atoms with Gasteiger partial charge in [-0.2, -0.15) is 13.8 Å². The van der Waals surface area contributed by atoms with E-state index in [1.165, 1.54) is 12.3 Å². The lowest BCUT2D eigenvalue weighted by Crippen LogP contribution is -2.51. The lowest BCUT2D eigenvalue weighted by molar-refractivity contribution is 0.0803. The minimum Gasteiger partial charge on any atom is -0.339 e. The highest BCUT2D eigenvalue weighted by molar-refractivity contribution is 6.32. The highest BCUT2D eigenvalue weighted by Crippen LogP contribution is 2.40. The summed E-state index contributed by atoms with van der Waals surface area (Å²) in [5.74, 6) is -1.15. The molecule has 2 aromatic rings. The van der Waals surface area contributed by atoms with Crippen molar-refractivity contribution >= 4 is 17.5 Å². The van der Waals surface area contributed by atoms with Crippen LogP contribution in [-0.4, -0.2) is 21.0 Å². The Hall–Kier alpha value is -2.09. The molecule has 0 spiro atoms. The second-order valence-electron chi connectivity index (χ2n) is 4.99. The Morgan fingerprint density at radius 2 is 2.23 bits per heavy atom. The van der Waals surface area contributed by atoms with Gasteiger partial charge in [-0.3, -0.25) is 4.79 Å². The van der Waals surface area contributed by atoms with Gasteiger partial charge in [0.25, 0.3) is 11.8 Å².